The van der Waals surface area contributed by atoms with Crippen LogP contribution in [-0.4, -0.2) is 59.5 Å². The van der Waals surface area contributed by atoms with Crippen molar-refractivity contribution >= 4 is 11.8 Å². The molecule has 2 heterocycles. The highest BCUT2D eigenvalue weighted by molar-refractivity contribution is 6.00. The standard InChI is InChI=1S/C33H44FN3O3/c1-25(27-10-4-2-5-11-27)30-31(38)37(21-9-8-20-34)33(32(39)35-30)18-22-36(23-19-33)24-26-14-16-29(17-15-26)40-28-12-6-3-7-13-28/h3,6-7,12-17,25,27,30H,2,4-5,8-11,18-24H2,1H3,(H,35,39)/t25-,30?/m1/s1. The third-order valence-electron chi connectivity index (χ3n) is 9.43. The summed E-state index contributed by atoms with van der Waals surface area (Å²) >= 11 is 0. The molecule has 1 spiro atoms. The summed E-state index contributed by atoms with van der Waals surface area (Å²) in [5.41, 5.74) is 0.349. The summed E-state index contributed by atoms with van der Waals surface area (Å²) in [6.45, 7) is 4.42. The molecule has 2 amide bonds. The molecule has 7 heteroatoms. The zero-order valence-electron chi connectivity index (χ0n) is 23.8. The van der Waals surface area contributed by atoms with Gasteiger partial charge < -0.3 is 15.0 Å². The number of rotatable bonds is 10. The number of hydrogen-bond acceptors (Lipinski definition) is 4. The number of para-hydroxylation sites is 1. The fourth-order valence-corrected chi connectivity index (χ4v) is 6.94. The van der Waals surface area contributed by atoms with Crippen LogP contribution in [0.5, 0.6) is 11.5 Å². The van der Waals surface area contributed by atoms with Gasteiger partial charge in [0.2, 0.25) is 11.8 Å². The first-order valence-electron chi connectivity index (χ1n) is 15.2. The molecule has 0 aromatic heterocycles. The summed E-state index contributed by atoms with van der Waals surface area (Å²) in [6.07, 6.45) is 8.11. The van der Waals surface area contributed by atoms with E-state index < -0.39 is 18.3 Å². The van der Waals surface area contributed by atoms with Crippen molar-refractivity contribution in [2.24, 2.45) is 11.8 Å². The minimum absolute atomic E-state index is 0.0120. The maximum Gasteiger partial charge on any atom is 0.246 e. The monoisotopic (exact) mass is 549 g/mol. The average molecular weight is 550 g/mol. The van der Waals surface area contributed by atoms with Gasteiger partial charge in [-0.15, -0.1) is 0 Å². The zero-order chi connectivity index (χ0) is 28.0. The molecule has 6 nitrogen and oxygen atoms in total. The van der Waals surface area contributed by atoms with Gasteiger partial charge in [-0.3, -0.25) is 18.9 Å². The van der Waals surface area contributed by atoms with E-state index in [1.54, 1.807) is 0 Å². The molecule has 2 aliphatic heterocycles. The number of carbonyl (C=O) groups excluding carboxylic acids is 2. The normalized spacial score (nSPS) is 22.8. The second-order valence-electron chi connectivity index (χ2n) is 12.0. The van der Waals surface area contributed by atoms with Crippen molar-refractivity contribution in [1.82, 2.24) is 15.1 Å². The second kappa shape index (κ2) is 13.2. The quantitative estimate of drug-likeness (QED) is 0.364. The van der Waals surface area contributed by atoms with Crippen LogP contribution in [0.4, 0.5) is 4.39 Å². The number of piperidine rings is 1. The molecule has 2 saturated heterocycles. The van der Waals surface area contributed by atoms with Crippen LogP contribution in [-0.2, 0) is 16.1 Å². The molecule has 3 fully saturated rings. The fourth-order valence-electron chi connectivity index (χ4n) is 6.94. The van der Waals surface area contributed by atoms with Crippen molar-refractivity contribution in [2.45, 2.75) is 82.8 Å². The van der Waals surface area contributed by atoms with Gasteiger partial charge in [0.15, 0.2) is 0 Å². The molecule has 40 heavy (non-hydrogen) atoms. The number of ether oxygens (including phenoxy) is 1. The van der Waals surface area contributed by atoms with Crippen LogP contribution in [0.15, 0.2) is 54.6 Å². The largest absolute Gasteiger partial charge is 0.457 e. The Morgan fingerprint density at radius 1 is 0.950 bits per heavy atom. The molecular formula is C33H44FN3O3. The van der Waals surface area contributed by atoms with E-state index in [9.17, 15) is 14.0 Å². The Morgan fingerprint density at radius 2 is 1.62 bits per heavy atom. The third kappa shape index (κ3) is 6.35. The molecule has 3 aliphatic rings. The Balaban J connectivity index is 1.23. The van der Waals surface area contributed by atoms with Gasteiger partial charge in [-0.1, -0.05) is 69.4 Å². The van der Waals surface area contributed by atoms with E-state index in [2.05, 4.69) is 29.3 Å². The van der Waals surface area contributed by atoms with E-state index in [0.29, 0.717) is 38.1 Å². The zero-order valence-corrected chi connectivity index (χ0v) is 23.8. The molecule has 1 N–H and O–H groups in total. The number of nitrogens with one attached hydrogen (secondary N) is 1. The number of nitrogens with zero attached hydrogens (tertiary/aromatic N) is 2. The lowest BCUT2D eigenvalue weighted by atomic mass is 9.74. The minimum atomic E-state index is -0.833. The molecule has 0 bridgehead atoms. The van der Waals surface area contributed by atoms with Crippen LogP contribution in [0.25, 0.3) is 0 Å². The topological polar surface area (TPSA) is 61.9 Å². The number of piperazine rings is 1. The maximum atomic E-state index is 14.0. The lowest BCUT2D eigenvalue weighted by Crippen LogP contribution is -2.74. The number of carbonyl (C=O) groups is 2. The number of amides is 2. The van der Waals surface area contributed by atoms with Crippen molar-refractivity contribution in [3.05, 3.63) is 60.2 Å². The van der Waals surface area contributed by atoms with Gasteiger partial charge >= 0.3 is 0 Å². The van der Waals surface area contributed by atoms with E-state index >= 15 is 0 Å². The summed E-state index contributed by atoms with van der Waals surface area (Å²) in [5.74, 6) is 2.22. The average Bonchev–Trinajstić information content (AvgIpc) is 2.99. The number of likely N-dealkylation sites (tertiary alicyclic amines) is 1. The van der Waals surface area contributed by atoms with Crippen LogP contribution in [0, 0.1) is 11.8 Å². The Kier molecular flexibility index (Phi) is 9.40. The SMILES string of the molecule is C[C@H](C1CCCCC1)C1NC(=O)C2(CCN(Cc3ccc(Oc4ccccc4)cc3)CC2)N(CCCCF)C1=O. The number of alkyl halides is 1. The highest BCUT2D eigenvalue weighted by atomic mass is 19.1. The Morgan fingerprint density at radius 3 is 2.30 bits per heavy atom. The molecule has 0 radical (unpaired) electrons. The van der Waals surface area contributed by atoms with Gasteiger partial charge in [-0.2, -0.15) is 0 Å². The van der Waals surface area contributed by atoms with Gasteiger partial charge in [-0.05, 0) is 67.3 Å². The molecule has 2 atom stereocenters. The summed E-state index contributed by atoms with van der Waals surface area (Å²) in [5, 5.41) is 3.20. The number of benzene rings is 2. The first-order chi connectivity index (χ1) is 19.5. The van der Waals surface area contributed by atoms with Crippen LogP contribution in [0.3, 0.4) is 0 Å². The van der Waals surface area contributed by atoms with E-state index in [1.807, 2.05) is 47.4 Å². The first-order valence-corrected chi connectivity index (χ1v) is 15.2. The number of unbranched alkanes of at least 4 members (excludes halogenated alkanes) is 1. The van der Waals surface area contributed by atoms with Crippen molar-refractivity contribution in [3.63, 3.8) is 0 Å². The molecule has 5 rings (SSSR count). The fraction of sp³-hybridized carbons (Fsp3) is 0.576. The molecule has 1 unspecified atom stereocenters. The second-order valence-corrected chi connectivity index (χ2v) is 12.0. The summed E-state index contributed by atoms with van der Waals surface area (Å²) in [4.78, 5) is 32.0. The first kappa shape index (κ1) is 28.6. The highest BCUT2D eigenvalue weighted by Gasteiger charge is 2.54. The van der Waals surface area contributed by atoms with Gasteiger partial charge in [-0.25, -0.2) is 0 Å². The molecule has 1 aliphatic carbocycles. The van der Waals surface area contributed by atoms with E-state index in [4.69, 9.17) is 4.74 Å². The number of hydrogen-bond donors (Lipinski definition) is 1. The predicted molar refractivity (Wildman–Crippen MR) is 155 cm³/mol. The van der Waals surface area contributed by atoms with E-state index in [0.717, 1.165) is 44.0 Å². The third-order valence-corrected chi connectivity index (χ3v) is 9.43. The van der Waals surface area contributed by atoms with Crippen molar-refractivity contribution in [2.75, 3.05) is 26.3 Å². The van der Waals surface area contributed by atoms with Gasteiger partial charge in [0.25, 0.3) is 0 Å². The summed E-state index contributed by atoms with van der Waals surface area (Å²) < 4.78 is 18.9. The summed E-state index contributed by atoms with van der Waals surface area (Å²) in [7, 11) is 0. The molecule has 2 aromatic carbocycles. The Hall–Kier alpha value is -2.93. The van der Waals surface area contributed by atoms with Gasteiger partial charge in [0, 0.05) is 26.2 Å². The Bertz CT molecular complexity index is 1110. The van der Waals surface area contributed by atoms with Crippen LogP contribution >= 0.6 is 0 Å². The smallest absolute Gasteiger partial charge is 0.246 e. The van der Waals surface area contributed by atoms with Gasteiger partial charge in [0.05, 0.1) is 6.67 Å². The number of halogens is 1. The lowest BCUT2D eigenvalue weighted by Gasteiger charge is -2.53. The molecule has 2 aromatic rings. The maximum absolute atomic E-state index is 14.0. The highest BCUT2D eigenvalue weighted by Crippen LogP contribution is 2.38. The van der Waals surface area contributed by atoms with Gasteiger partial charge in [0.1, 0.15) is 23.1 Å². The molecule has 1 saturated carbocycles. The van der Waals surface area contributed by atoms with Crippen LogP contribution < -0.4 is 10.1 Å². The predicted octanol–water partition coefficient (Wildman–Crippen LogP) is 6.11. The van der Waals surface area contributed by atoms with Crippen molar-refractivity contribution in [1.29, 1.82) is 0 Å². The van der Waals surface area contributed by atoms with Crippen molar-refractivity contribution < 1.29 is 18.7 Å². The minimum Gasteiger partial charge on any atom is -0.457 e. The Labute approximate surface area is 238 Å². The van der Waals surface area contributed by atoms with Crippen molar-refractivity contribution in [3.8, 4) is 11.5 Å². The van der Waals surface area contributed by atoms with E-state index in [-0.39, 0.29) is 17.7 Å². The lowest BCUT2D eigenvalue weighted by molar-refractivity contribution is -0.163. The van der Waals surface area contributed by atoms with Crippen LogP contribution in [0.2, 0.25) is 0 Å². The van der Waals surface area contributed by atoms with E-state index in [1.165, 1.54) is 24.8 Å². The molecular weight excluding hydrogens is 505 g/mol. The summed E-state index contributed by atoms with van der Waals surface area (Å²) in [6, 6.07) is 17.4. The van der Waals surface area contributed by atoms with Crippen LogP contribution in [0.1, 0.15) is 70.3 Å². The molecule has 216 valence electrons.